The van der Waals surface area contributed by atoms with Gasteiger partial charge in [-0.3, -0.25) is 67.8 Å². The number of allylic oxidation sites excluding steroid dienone is 1. The van der Waals surface area contributed by atoms with Crippen LogP contribution in [0.5, 0.6) is 5.75 Å². The predicted molar refractivity (Wildman–Crippen MR) is 410 cm³/mol. The average molecular weight is 1510 g/mol. The Hall–Kier alpha value is -11.1. The molecule has 29 heteroatoms. The van der Waals surface area contributed by atoms with Crippen LogP contribution in [-0.2, 0) is 83.2 Å². The molecule has 14 N–H and O–H groups in total. The number of urea groups is 1. The molecular weight excluding hydrogens is 1410 g/mol. The molecule has 1 aromatic heterocycles. The molecule has 0 saturated carbocycles. The summed E-state index contributed by atoms with van der Waals surface area (Å²) in [5.74, 6) is -14.7. The first-order valence-electron chi connectivity index (χ1n) is 38.0. The number of phenols is 1. The highest BCUT2D eigenvalue weighted by Gasteiger charge is 2.45. The molecule has 9 rings (SSSR count). The van der Waals surface area contributed by atoms with Gasteiger partial charge in [0.25, 0.3) is 17.7 Å². The van der Waals surface area contributed by atoms with Crippen LogP contribution in [0.15, 0.2) is 120 Å². The second kappa shape index (κ2) is 38.8. The number of likely N-dealkylation sites (tertiary alicyclic amines) is 1. The van der Waals surface area contributed by atoms with Crippen molar-refractivity contribution in [2.24, 2.45) is 46.0 Å². The van der Waals surface area contributed by atoms with Crippen molar-refractivity contribution in [1.82, 2.24) is 56.9 Å². The summed E-state index contributed by atoms with van der Waals surface area (Å²) in [5.41, 5.74) is 16.1. The summed E-state index contributed by atoms with van der Waals surface area (Å²) in [6, 6.07) is 15.7. The summed E-state index contributed by atoms with van der Waals surface area (Å²) in [6.45, 7) is 7.71. The zero-order valence-corrected chi connectivity index (χ0v) is 63.3. The molecule has 1 aliphatic carbocycles. The average Bonchev–Trinajstić information content (AvgIpc) is 1.59. The van der Waals surface area contributed by atoms with Crippen molar-refractivity contribution in [3.05, 3.63) is 143 Å². The second-order valence-corrected chi connectivity index (χ2v) is 29.7. The van der Waals surface area contributed by atoms with Gasteiger partial charge in [-0.25, -0.2) is 4.79 Å². The zero-order chi connectivity index (χ0) is 79.5. The van der Waals surface area contributed by atoms with E-state index in [1.54, 1.807) is 69.4 Å². The Morgan fingerprint density at radius 2 is 1.25 bits per heavy atom. The van der Waals surface area contributed by atoms with E-state index in [1.165, 1.54) is 35.9 Å². The molecule has 4 heterocycles. The van der Waals surface area contributed by atoms with E-state index in [0.29, 0.717) is 47.9 Å². The number of carbonyl (C=O) groups excluding carboxylic acids is 13. The number of aromatic nitrogens is 1. The van der Waals surface area contributed by atoms with Crippen molar-refractivity contribution in [2.45, 2.75) is 179 Å². The molecule has 29 nitrogen and oxygen atoms in total. The van der Waals surface area contributed by atoms with E-state index in [4.69, 9.17) is 11.5 Å². The standard InChI is InChI=1S/C81H104N14O15/c1-7-47(4)59-43-66(98)53(39-55-44-85-60-24-14-13-23-58(55)60)41-68(100)64(45-96)89-73(103)63(40-52-30-29-51-21-11-12-22-57(51)52)88-76(106)69(46(2)3)91-81(110)92-74(104)62(38-49-19-9-8-10-20-49)87-72(102)61(25-17-33-84-80(82)83)86-71(101)48(5)93(6)78(108)70(79(109)94-34-15-16-35-94)90-75(105)65-26-18-36-95(65)77(107)54(42-67(59)99)37-50-27-31-56(97)32-28-50/h8-14,19-24,27-28,30-32,44,46-48,53-54,59,61-65,69-70,85,96-97H,7,15-18,25-26,29,33-43,45H2,1-6H3,(H,86,101)(H,87,102)(H,88,106)(H,89,103)(H,90,105)(H4,82,83,84)(H2,91,92,104,110)/t47-,48-,53+,54+,59-,61-,62-,63-,64-,65-,69-,70-/m0/s1. The monoisotopic (exact) mass is 1510 g/mol. The number of para-hydroxylation sites is 1. The number of aliphatic hydroxyl groups excluding tert-OH is 1. The number of amides is 11. The van der Waals surface area contributed by atoms with E-state index in [0.717, 1.165) is 26.9 Å². The normalized spacial score (nSPS) is 24.9. The highest BCUT2D eigenvalue weighted by molar-refractivity contribution is 6.09. The summed E-state index contributed by atoms with van der Waals surface area (Å²) in [7, 11) is 1.24. The van der Waals surface area contributed by atoms with Crippen LogP contribution in [0.2, 0.25) is 0 Å². The topological polar surface area (TPSA) is 436 Å². The van der Waals surface area contributed by atoms with E-state index >= 15 is 33.6 Å². The van der Waals surface area contributed by atoms with E-state index in [2.05, 4.69) is 47.2 Å². The van der Waals surface area contributed by atoms with Crippen LogP contribution in [0.1, 0.15) is 133 Å². The highest BCUT2D eigenvalue weighted by Crippen LogP contribution is 2.34. The van der Waals surface area contributed by atoms with Gasteiger partial charge in [0.2, 0.25) is 35.4 Å². The zero-order valence-electron chi connectivity index (χ0n) is 63.3. The minimum Gasteiger partial charge on any atom is -0.508 e. The summed E-state index contributed by atoms with van der Waals surface area (Å²) in [6.07, 6.45) is 4.06. The molecule has 3 fully saturated rings. The van der Waals surface area contributed by atoms with Gasteiger partial charge in [0, 0.05) is 100 Å². The number of hydrogen-bond donors (Lipinski definition) is 12. The van der Waals surface area contributed by atoms with Gasteiger partial charge >= 0.3 is 6.03 Å². The number of aliphatic imine (C=N–C) groups is 1. The fraction of sp³-hybridized carbons (Fsp3) is 0.481. The van der Waals surface area contributed by atoms with Crippen LogP contribution in [0.4, 0.5) is 4.79 Å². The molecule has 110 heavy (non-hydrogen) atoms. The van der Waals surface area contributed by atoms with E-state index in [9.17, 15) is 39.0 Å². The number of phenolic OH excluding ortho intramolecular Hbond substituents is 1. The maximum absolute atomic E-state index is 15.5. The number of nitrogens with two attached hydrogens (primary N) is 2. The van der Waals surface area contributed by atoms with Gasteiger partial charge in [-0.05, 0) is 128 Å². The van der Waals surface area contributed by atoms with Crippen LogP contribution >= 0.6 is 0 Å². The second-order valence-electron chi connectivity index (χ2n) is 29.7. The molecule has 0 spiro atoms. The molecule has 3 aliphatic heterocycles. The van der Waals surface area contributed by atoms with Crippen LogP contribution in [0, 0.1) is 29.6 Å². The number of H-pyrrole nitrogens is 1. The number of imide groups is 1. The molecule has 5 aromatic rings. The first kappa shape index (κ1) is 82.9. The van der Waals surface area contributed by atoms with Gasteiger partial charge in [0.1, 0.15) is 59.6 Å². The van der Waals surface area contributed by atoms with Crippen LogP contribution in [0.25, 0.3) is 16.5 Å². The number of hydrogen-bond acceptors (Lipinski definition) is 16. The van der Waals surface area contributed by atoms with Crippen molar-refractivity contribution < 1.29 is 72.5 Å². The van der Waals surface area contributed by atoms with Crippen LogP contribution in [-0.4, -0.2) is 201 Å². The lowest BCUT2D eigenvalue weighted by Crippen LogP contribution is -2.62. The first-order chi connectivity index (χ1) is 52.6. The Bertz CT molecular complexity index is 4240. The maximum Gasteiger partial charge on any atom is 0.322 e. The third-order valence-electron chi connectivity index (χ3n) is 21.6. The number of aromatic amines is 1. The van der Waals surface area contributed by atoms with Crippen molar-refractivity contribution in [3.63, 3.8) is 0 Å². The first-order valence-corrected chi connectivity index (χ1v) is 38.0. The lowest BCUT2D eigenvalue weighted by molar-refractivity contribution is -0.150. The lowest BCUT2D eigenvalue weighted by Gasteiger charge is -2.33. The van der Waals surface area contributed by atoms with Crippen LogP contribution < -0.4 is 48.7 Å². The Morgan fingerprint density at radius 3 is 1.95 bits per heavy atom. The number of fused-ring (bicyclic) bond motifs is 3. The molecule has 0 radical (unpaired) electrons. The Balaban J connectivity index is 1.10. The smallest absolute Gasteiger partial charge is 0.322 e. The minimum atomic E-state index is -1.94. The number of likely N-dealkylation sites (N-methyl/N-ethyl adjacent to an activating group) is 1. The van der Waals surface area contributed by atoms with Crippen LogP contribution in [0.3, 0.4) is 0 Å². The predicted octanol–water partition coefficient (Wildman–Crippen LogP) is 3.50. The summed E-state index contributed by atoms with van der Waals surface area (Å²) in [5, 5.41) is 40.5. The molecule has 12 atom stereocenters. The summed E-state index contributed by atoms with van der Waals surface area (Å²) >= 11 is 0. The third-order valence-corrected chi connectivity index (χ3v) is 21.6. The summed E-state index contributed by atoms with van der Waals surface area (Å²) < 4.78 is 0. The van der Waals surface area contributed by atoms with Crippen molar-refractivity contribution in [3.8, 4) is 5.75 Å². The maximum atomic E-state index is 15.5. The number of aliphatic hydroxyl groups is 1. The van der Waals surface area contributed by atoms with E-state index in [1.807, 2.05) is 61.5 Å². The molecular formula is C81H104N14O15. The third kappa shape index (κ3) is 21.6. The number of benzene rings is 4. The Labute approximate surface area is 639 Å². The molecule has 588 valence electrons. The molecule has 4 aliphatic rings. The van der Waals surface area contributed by atoms with Crippen molar-refractivity contribution >= 4 is 99.0 Å². The highest BCUT2D eigenvalue weighted by atomic mass is 16.3. The number of Topliss-reactive ketones (excluding diaryl/α,β-unsaturated/α-hetero) is 3. The van der Waals surface area contributed by atoms with Gasteiger partial charge in [-0.2, -0.15) is 0 Å². The van der Waals surface area contributed by atoms with Gasteiger partial charge in [0.15, 0.2) is 17.8 Å². The Morgan fingerprint density at radius 1 is 0.618 bits per heavy atom. The fourth-order valence-electron chi connectivity index (χ4n) is 14.9. The number of rotatable bonds is 17. The number of aromatic hydroxyl groups is 1. The largest absolute Gasteiger partial charge is 0.508 e. The molecule has 4 aromatic carbocycles. The van der Waals surface area contributed by atoms with Gasteiger partial charge < -0.3 is 73.3 Å². The Kier molecular flexibility index (Phi) is 29.3. The van der Waals surface area contributed by atoms with Gasteiger partial charge in [-0.15, -0.1) is 0 Å². The number of carbonyl (C=O) groups is 13. The van der Waals surface area contributed by atoms with Crippen molar-refractivity contribution in [1.29, 1.82) is 0 Å². The SMILES string of the molecule is CC[C@H](C)[C@@H]1CC(=O)[C@H](Cc2c[nH]c3ccccc23)CC(=O)[C@H](CO)NC(=O)[C@H](CC2=CCc3ccccc32)NC(=O)[C@H](C(C)C)NC(=O)NC(=O)[C@H](Cc2ccccc2)NC(=O)[C@H](CCCN=C(N)N)NC(=O)[C@H](C)N(C)C(=O)[C@@H](C(=O)N2CCCC2)NC(=O)[C@@H]2CCCN2C(=O)[C@H](Cc2ccc(O)cc2)CC1=O. The number of ketones is 3. The fourth-order valence-corrected chi connectivity index (χ4v) is 14.9. The number of guanidine groups is 1. The molecule has 0 bridgehead atoms. The minimum absolute atomic E-state index is 0.0211. The lowest BCUT2D eigenvalue weighted by atomic mass is 9.77. The molecule has 3 saturated heterocycles. The summed E-state index contributed by atoms with van der Waals surface area (Å²) in [4.78, 5) is 205. The van der Waals surface area contributed by atoms with E-state index in [-0.39, 0.29) is 89.3 Å². The number of nitrogens with one attached hydrogen (secondary N) is 8. The van der Waals surface area contributed by atoms with E-state index < -0.39 is 180 Å². The van der Waals surface area contributed by atoms with Gasteiger partial charge in [-0.1, -0.05) is 125 Å². The van der Waals surface area contributed by atoms with Crippen molar-refractivity contribution in [2.75, 3.05) is 39.8 Å². The molecule has 0 unspecified atom stereocenters. The number of nitrogens with zero attached hydrogens (tertiary/aromatic N) is 4. The molecule has 11 amide bonds. The quantitative estimate of drug-likeness (QED) is 0.0274. The van der Waals surface area contributed by atoms with Gasteiger partial charge in [0.05, 0.1) is 6.61 Å².